The predicted molar refractivity (Wildman–Crippen MR) is 69.9 cm³/mol. The zero-order valence-corrected chi connectivity index (χ0v) is 11.0. The molecule has 0 saturated heterocycles. The Kier molecular flexibility index (Phi) is 4.63. The van der Waals surface area contributed by atoms with Crippen LogP contribution in [0.2, 0.25) is 0 Å². The molecule has 0 fully saturated rings. The van der Waals surface area contributed by atoms with Gasteiger partial charge in [-0.3, -0.25) is 0 Å². The minimum atomic E-state index is 0.372. The highest BCUT2D eigenvalue weighted by molar-refractivity contribution is 7.98. The fourth-order valence-electron chi connectivity index (χ4n) is 1.46. The molecule has 16 heavy (non-hydrogen) atoms. The molecule has 1 unspecified atom stereocenters. The van der Waals surface area contributed by atoms with E-state index in [1.54, 1.807) is 11.8 Å². The first-order chi connectivity index (χ1) is 7.60. The first-order valence-electron chi connectivity index (χ1n) is 5.19. The number of hydrogen-bond acceptors (Lipinski definition) is 4. The smallest absolute Gasteiger partial charge is 0.146 e. The minimum absolute atomic E-state index is 0.372. The molecule has 0 aliphatic carbocycles. The Labute approximate surface area is 101 Å². The summed E-state index contributed by atoms with van der Waals surface area (Å²) in [6.07, 6.45) is 2.08. The Morgan fingerprint density at radius 2 is 2.25 bits per heavy atom. The predicted octanol–water partition coefficient (Wildman–Crippen LogP) is 2.45. The molecule has 0 aliphatic rings. The third kappa shape index (κ3) is 2.89. The molecule has 0 N–H and O–H groups in total. The number of thioether (sulfide) groups is 1. The van der Waals surface area contributed by atoms with Crippen LogP contribution in [-0.2, 0) is 0 Å². The molecule has 86 valence electrons. The van der Waals surface area contributed by atoms with Crippen LogP contribution >= 0.6 is 11.8 Å². The Hall–Kier alpha value is -1.21. The lowest BCUT2D eigenvalue weighted by molar-refractivity contribution is 0.750. The van der Waals surface area contributed by atoms with Crippen molar-refractivity contribution in [1.82, 2.24) is 4.98 Å². The largest absolute Gasteiger partial charge is 0.355 e. The average Bonchev–Trinajstić information content (AvgIpc) is 2.28. The molecule has 1 atom stereocenters. The standard InChI is InChI=1S/C12H17N3S/c1-9-5-6-11(7-13)12(14-9)15(3)10(2)8-16-4/h5-6,10H,8H2,1-4H3. The number of pyridine rings is 1. The van der Waals surface area contributed by atoms with Crippen LogP contribution in [-0.4, -0.2) is 30.1 Å². The van der Waals surface area contributed by atoms with Crippen LogP contribution in [0.1, 0.15) is 18.2 Å². The Morgan fingerprint density at radius 3 is 2.81 bits per heavy atom. The van der Waals surface area contributed by atoms with Crippen molar-refractivity contribution in [2.75, 3.05) is 24.0 Å². The molecule has 0 aromatic carbocycles. The molecule has 1 heterocycles. The maximum atomic E-state index is 9.05. The van der Waals surface area contributed by atoms with Crippen LogP contribution in [0, 0.1) is 18.3 Å². The molecule has 1 rings (SSSR count). The van der Waals surface area contributed by atoms with Crippen molar-refractivity contribution in [3.63, 3.8) is 0 Å². The Balaban J connectivity index is 3.02. The van der Waals surface area contributed by atoms with Crippen LogP contribution in [0.5, 0.6) is 0 Å². The Bertz CT molecular complexity index is 398. The maximum Gasteiger partial charge on any atom is 0.146 e. The van der Waals surface area contributed by atoms with E-state index in [0.29, 0.717) is 11.6 Å². The van der Waals surface area contributed by atoms with Gasteiger partial charge in [-0.1, -0.05) is 0 Å². The third-order valence-electron chi connectivity index (χ3n) is 2.54. The van der Waals surface area contributed by atoms with Crippen molar-refractivity contribution < 1.29 is 0 Å². The summed E-state index contributed by atoms with van der Waals surface area (Å²) in [4.78, 5) is 6.51. The number of anilines is 1. The van der Waals surface area contributed by atoms with E-state index in [0.717, 1.165) is 17.3 Å². The van der Waals surface area contributed by atoms with Gasteiger partial charge in [-0.2, -0.15) is 17.0 Å². The normalized spacial score (nSPS) is 11.9. The summed E-state index contributed by atoms with van der Waals surface area (Å²) >= 11 is 1.80. The second kappa shape index (κ2) is 5.76. The van der Waals surface area contributed by atoms with Gasteiger partial charge in [-0.25, -0.2) is 4.98 Å². The fraction of sp³-hybridized carbons (Fsp3) is 0.500. The number of aryl methyl sites for hydroxylation is 1. The lowest BCUT2D eigenvalue weighted by Crippen LogP contribution is -2.32. The van der Waals surface area contributed by atoms with Crippen molar-refractivity contribution in [3.8, 4) is 6.07 Å². The van der Waals surface area contributed by atoms with Gasteiger partial charge in [0, 0.05) is 24.5 Å². The fourth-order valence-corrected chi connectivity index (χ4v) is 2.17. The van der Waals surface area contributed by atoms with Gasteiger partial charge < -0.3 is 4.90 Å². The topological polar surface area (TPSA) is 39.9 Å². The average molecular weight is 235 g/mol. The third-order valence-corrected chi connectivity index (χ3v) is 3.35. The molecule has 1 aromatic rings. The van der Waals surface area contributed by atoms with Gasteiger partial charge >= 0.3 is 0 Å². The molecule has 0 spiro atoms. The molecule has 0 amide bonds. The summed E-state index contributed by atoms with van der Waals surface area (Å²) in [5.41, 5.74) is 1.58. The Morgan fingerprint density at radius 1 is 1.56 bits per heavy atom. The van der Waals surface area contributed by atoms with E-state index in [-0.39, 0.29) is 0 Å². The van der Waals surface area contributed by atoms with E-state index < -0.39 is 0 Å². The molecular formula is C12H17N3S. The maximum absolute atomic E-state index is 9.05. The van der Waals surface area contributed by atoms with Gasteiger partial charge in [0.05, 0.1) is 5.56 Å². The van der Waals surface area contributed by atoms with Gasteiger partial charge in [0.2, 0.25) is 0 Å². The molecule has 0 aliphatic heterocycles. The molecule has 4 heteroatoms. The molecule has 1 aromatic heterocycles. The van der Waals surface area contributed by atoms with Gasteiger partial charge in [-0.05, 0) is 32.2 Å². The number of nitrogens with zero attached hydrogens (tertiary/aromatic N) is 3. The summed E-state index contributed by atoms with van der Waals surface area (Å²) < 4.78 is 0. The van der Waals surface area contributed by atoms with E-state index in [1.165, 1.54) is 0 Å². The van der Waals surface area contributed by atoms with Crippen LogP contribution in [0.3, 0.4) is 0 Å². The number of nitriles is 1. The monoisotopic (exact) mass is 235 g/mol. The second-order valence-electron chi connectivity index (χ2n) is 3.85. The summed E-state index contributed by atoms with van der Waals surface area (Å²) in [6, 6.07) is 6.26. The van der Waals surface area contributed by atoms with E-state index in [1.807, 2.05) is 26.1 Å². The van der Waals surface area contributed by atoms with E-state index >= 15 is 0 Å². The molecular weight excluding hydrogens is 218 g/mol. The molecule has 0 radical (unpaired) electrons. The first-order valence-corrected chi connectivity index (χ1v) is 6.59. The van der Waals surface area contributed by atoms with Crippen molar-refractivity contribution in [2.45, 2.75) is 19.9 Å². The molecule has 3 nitrogen and oxygen atoms in total. The zero-order valence-electron chi connectivity index (χ0n) is 10.2. The summed E-state index contributed by atoms with van der Waals surface area (Å²) in [5, 5.41) is 9.05. The molecule has 0 bridgehead atoms. The zero-order chi connectivity index (χ0) is 12.1. The highest BCUT2D eigenvalue weighted by Gasteiger charge is 2.14. The summed E-state index contributed by atoms with van der Waals surface area (Å²) in [5.74, 6) is 1.81. The summed E-state index contributed by atoms with van der Waals surface area (Å²) in [6.45, 7) is 4.08. The first kappa shape index (κ1) is 12.9. The SMILES string of the molecule is CSCC(C)N(C)c1nc(C)ccc1C#N. The quantitative estimate of drug-likeness (QED) is 0.803. The van der Waals surface area contributed by atoms with Crippen LogP contribution < -0.4 is 4.90 Å². The van der Waals surface area contributed by atoms with Gasteiger partial charge in [-0.15, -0.1) is 0 Å². The van der Waals surface area contributed by atoms with Crippen molar-refractivity contribution >= 4 is 17.6 Å². The van der Waals surface area contributed by atoms with E-state index in [2.05, 4.69) is 29.1 Å². The highest BCUT2D eigenvalue weighted by Crippen LogP contribution is 2.19. The molecule has 0 saturated carbocycles. The minimum Gasteiger partial charge on any atom is -0.355 e. The van der Waals surface area contributed by atoms with Crippen molar-refractivity contribution in [1.29, 1.82) is 5.26 Å². The lowest BCUT2D eigenvalue weighted by Gasteiger charge is -2.26. The lowest BCUT2D eigenvalue weighted by atomic mass is 10.2. The van der Waals surface area contributed by atoms with E-state index in [4.69, 9.17) is 5.26 Å². The number of rotatable bonds is 4. The second-order valence-corrected chi connectivity index (χ2v) is 4.76. The summed E-state index contributed by atoms with van der Waals surface area (Å²) in [7, 11) is 1.99. The highest BCUT2D eigenvalue weighted by atomic mass is 32.2. The van der Waals surface area contributed by atoms with Gasteiger partial charge in [0.25, 0.3) is 0 Å². The van der Waals surface area contributed by atoms with Crippen LogP contribution in [0.4, 0.5) is 5.82 Å². The van der Waals surface area contributed by atoms with E-state index in [9.17, 15) is 0 Å². The van der Waals surface area contributed by atoms with Crippen LogP contribution in [0.25, 0.3) is 0 Å². The van der Waals surface area contributed by atoms with Crippen molar-refractivity contribution in [3.05, 3.63) is 23.4 Å². The number of aromatic nitrogens is 1. The van der Waals surface area contributed by atoms with Gasteiger partial charge in [0.15, 0.2) is 0 Å². The van der Waals surface area contributed by atoms with Crippen LogP contribution in [0.15, 0.2) is 12.1 Å². The van der Waals surface area contributed by atoms with Crippen molar-refractivity contribution in [2.24, 2.45) is 0 Å². The van der Waals surface area contributed by atoms with Gasteiger partial charge in [0.1, 0.15) is 11.9 Å². The number of hydrogen-bond donors (Lipinski definition) is 0.